The molecule has 3 aromatic heterocycles. The van der Waals surface area contributed by atoms with Crippen molar-refractivity contribution in [2.75, 3.05) is 5.73 Å². The fraction of sp³-hybridized carbons (Fsp3) is 0.167. The van der Waals surface area contributed by atoms with Gasteiger partial charge >= 0.3 is 0 Å². The number of nitrogens with one attached hydrogen (secondary N) is 1. The second-order valence-electron chi connectivity index (χ2n) is 7.63. The van der Waals surface area contributed by atoms with Gasteiger partial charge in [0.15, 0.2) is 0 Å². The molecule has 0 saturated carbocycles. The SMILES string of the molecule is Cc1cc(N)nc(C)c1CNC(=O)c1ccnc(Cn2ccc3cc(Cl)ccc3c2=O)c1. The number of fused-ring (bicyclic) bond motifs is 1. The lowest BCUT2D eigenvalue weighted by Gasteiger charge is -2.12. The Morgan fingerprint density at radius 1 is 1.16 bits per heavy atom. The first-order chi connectivity index (χ1) is 15.3. The van der Waals surface area contributed by atoms with Crippen LogP contribution in [0.3, 0.4) is 0 Å². The molecule has 0 aliphatic heterocycles. The normalized spacial score (nSPS) is 11.0. The number of amides is 1. The van der Waals surface area contributed by atoms with Gasteiger partial charge in [-0.05, 0) is 72.8 Å². The van der Waals surface area contributed by atoms with Crippen LogP contribution >= 0.6 is 11.6 Å². The Bertz CT molecular complexity index is 1370. The summed E-state index contributed by atoms with van der Waals surface area (Å²) in [6, 6.07) is 12.1. The molecule has 0 aliphatic rings. The summed E-state index contributed by atoms with van der Waals surface area (Å²) in [4.78, 5) is 34.1. The zero-order valence-electron chi connectivity index (χ0n) is 17.7. The molecule has 3 N–H and O–H groups in total. The van der Waals surface area contributed by atoms with Gasteiger partial charge in [0.1, 0.15) is 5.82 Å². The molecule has 0 radical (unpaired) electrons. The van der Waals surface area contributed by atoms with E-state index in [2.05, 4.69) is 15.3 Å². The Kier molecular flexibility index (Phi) is 5.92. The highest BCUT2D eigenvalue weighted by atomic mass is 35.5. The minimum atomic E-state index is -0.232. The van der Waals surface area contributed by atoms with Crippen molar-refractivity contribution in [3.8, 4) is 0 Å². The van der Waals surface area contributed by atoms with Crippen LogP contribution in [-0.4, -0.2) is 20.4 Å². The van der Waals surface area contributed by atoms with Crippen molar-refractivity contribution in [2.24, 2.45) is 0 Å². The maximum atomic E-state index is 12.8. The molecule has 0 fully saturated rings. The Morgan fingerprint density at radius 2 is 1.97 bits per heavy atom. The summed E-state index contributed by atoms with van der Waals surface area (Å²) >= 11 is 6.01. The van der Waals surface area contributed by atoms with Gasteiger partial charge in [-0.1, -0.05) is 11.6 Å². The zero-order valence-corrected chi connectivity index (χ0v) is 18.5. The van der Waals surface area contributed by atoms with Crippen LogP contribution in [-0.2, 0) is 13.1 Å². The topological polar surface area (TPSA) is 103 Å². The number of carbonyl (C=O) groups excluding carboxylic acids is 1. The lowest BCUT2D eigenvalue weighted by atomic mass is 10.1. The van der Waals surface area contributed by atoms with Crippen LogP contribution in [0.5, 0.6) is 0 Å². The molecule has 1 aromatic carbocycles. The summed E-state index contributed by atoms with van der Waals surface area (Å²) < 4.78 is 1.56. The Labute approximate surface area is 189 Å². The van der Waals surface area contributed by atoms with Gasteiger partial charge in [0.25, 0.3) is 11.5 Å². The zero-order chi connectivity index (χ0) is 22.8. The second-order valence-corrected chi connectivity index (χ2v) is 8.06. The third-order valence-electron chi connectivity index (χ3n) is 5.35. The molecule has 0 saturated heterocycles. The predicted octanol–water partition coefficient (Wildman–Crippen LogP) is 3.62. The maximum Gasteiger partial charge on any atom is 0.258 e. The lowest BCUT2D eigenvalue weighted by Crippen LogP contribution is -2.25. The molecule has 1 amide bonds. The molecular formula is C24H22ClN5O2. The number of hydrogen-bond acceptors (Lipinski definition) is 5. The summed E-state index contributed by atoms with van der Waals surface area (Å²) in [6.45, 7) is 4.39. The quantitative estimate of drug-likeness (QED) is 0.486. The summed E-state index contributed by atoms with van der Waals surface area (Å²) in [7, 11) is 0. The standard InChI is InChI=1S/C24H22ClN5O2/c1-14-9-22(26)29-15(2)21(14)12-28-23(31)17-5-7-27-19(11-17)13-30-8-6-16-10-18(25)3-4-20(16)24(30)32/h3-11H,12-13H2,1-2H3,(H2,26,29)(H,28,31). The van der Waals surface area contributed by atoms with Crippen molar-refractivity contribution in [3.63, 3.8) is 0 Å². The molecule has 0 bridgehead atoms. The van der Waals surface area contributed by atoms with Crippen LogP contribution in [0.1, 0.15) is 32.9 Å². The molecule has 4 rings (SSSR count). The fourth-order valence-electron chi connectivity index (χ4n) is 3.69. The number of anilines is 1. The number of nitrogen functional groups attached to an aromatic ring is 1. The van der Waals surface area contributed by atoms with Crippen molar-refractivity contribution in [1.29, 1.82) is 0 Å². The van der Waals surface area contributed by atoms with E-state index < -0.39 is 0 Å². The van der Waals surface area contributed by atoms with Crippen LogP contribution < -0.4 is 16.6 Å². The van der Waals surface area contributed by atoms with E-state index in [0.29, 0.717) is 34.0 Å². The monoisotopic (exact) mass is 447 g/mol. The average molecular weight is 448 g/mol. The number of nitrogens with zero attached hydrogens (tertiary/aromatic N) is 3. The number of hydrogen-bond donors (Lipinski definition) is 2. The molecule has 162 valence electrons. The number of halogens is 1. The molecule has 7 nitrogen and oxygen atoms in total. The van der Waals surface area contributed by atoms with E-state index in [4.69, 9.17) is 17.3 Å². The highest BCUT2D eigenvalue weighted by molar-refractivity contribution is 6.31. The van der Waals surface area contributed by atoms with E-state index in [1.807, 2.05) is 19.9 Å². The highest BCUT2D eigenvalue weighted by Crippen LogP contribution is 2.17. The third-order valence-corrected chi connectivity index (χ3v) is 5.58. The molecule has 3 heterocycles. The first-order valence-electron chi connectivity index (χ1n) is 10.1. The number of benzene rings is 1. The number of aryl methyl sites for hydroxylation is 2. The molecule has 0 unspecified atom stereocenters. The summed E-state index contributed by atoms with van der Waals surface area (Å²) in [6.07, 6.45) is 3.27. The van der Waals surface area contributed by atoms with E-state index in [0.717, 1.165) is 22.2 Å². The van der Waals surface area contributed by atoms with Gasteiger partial charge in [0, 0.05) is 40.6 Å². The van der Waals surface area contributed by atoms with Gasteiger partial charge in [-0.3, -0.25) is 14.6 Å². The fourth-order valence-corrected chi connectivity index (χ4v) is 3.87. The smallest absolute Gasteiger partial charge is 0.258 e. The summed E-state index contributed by atoms with van der Waals surface area (Å²) in [5.41, 5.74) is 9.40. The van der Waals surface area contributed by atoms with Crippen LogP contribution in [0.15, 0.2) is 59.7 Å². The number of aromatic nitrogens is 3. The van der Waals surface area contributed by atoms with Gasteiger partial charge in [-0.25, -0.2) is 4.98 Å². The van der Waals surface area contributed by atoms with E-state index in [9.17, 15) is 9.59 Å². The van der Waals surface area contributed by atoms with Gasteiger partial charge in [-0.15, -0.1) is 0 Å². The maximum absolute atomic E-state index is 12.8. The third kappa shape index (κ3) is 4.48. The minimum Gasteiger partial charge on any atom is -0.384 e. The van der Waals surface area contributed by atoms with Crippen LogP contribution in [0, 0.1) is 13.8 Å². The van der Waals surface area contributed by atoms with Crippen molar-refractivity contribution >= 4 is 34.1 Å². The molecule has 0 spiro atoms. The summed E-state index contributed by atoms with van der Waals surface area (Å²) in [5, 5.41) is 4.86. The number of pyridine rings is 3. The number of rotatable bonds is 5. The Hall–Kier alpha value is -3.71. The van der Waals surface area contributed by atoms with Crippen LogP contribution in [0.4, 0.5) is 5.82 Å². The van der Waals surface area contributed by atoms with Crippen LogP contribution in [0.2, 0.25) is 5.02 Å². The highest BCUT2D eigenvalue weighted by Gasteiger charge is 2.11. The Balaban J connectivity index is 1.52. The van der Waals surface area contributed by atoms with E-state index >= 15 is 0 Å². The van der Waals surface area contributed by atoms with Crippen molar-refractivity contribution in [3.05, 3.63) is 98.3 Å². The first-order valence-corrected chi connectivity index (χ1v) is 10.4. The van der Waals surface area contributed by atoms with Crippen molar-refractivity contribution < 1.29 is 4.79 Å². The van der Waals surface area contributed by atoms with Gasteiger partial charge in [0.05, 0.1) is 12.2 Å². The molecule has 4 aromatic rings. The molecular weight excluding hydrogens is 426 g/mol. The van der Waals surface area contributed by atoms with Crippen molar-refractivity contribution in [2.45, 2.75) is 26.9 Å². The van der Waals surface area contributed by atoms with Gasteiger partial charge in [-0.2, -0.15) is 0 Å². The Morgan fingerprint density at radius 3 is 2.75 bits per heavy atom. The number of carbonyl (C=O) groups is 1. The molecule has 0 aliphatic carbocycles. The van der Waals surface area contributed by atoms with E-state index in [-0.39, 0.29) is 18.0 Å². The predicted molar refractivity (Wildman–Crippen MR) is 126 cm³/mol. The number of nitrogens with two attached hydrogens (primary N) is 1. The average Bonchev–Trinajstić information content (AvgIpc) is 2.75. The van der Waals surface area contributed by atoms with E-state index in [1.165, 1.54) is 0 Å². The van der Waals surface area contributed by atoms with Crippen molar-refractivity contribution in [1.82, 2.24) is 19.9 Å². The molecule has 8 heteroatoms. The van der Waals surface area contributed by atoms with E-state index in [1.54, 1.807) is 53.4 Å². The second kappa shape index (κ2) is 8.80. The van der Waals surface area contributed by atoms with Crippen LogP contribution in [0.25, 0.3) is 10.8 Å². The summed E-state index contributed by atoms with van der Waals surface area (Å²) in [5.74, 6) is 0.227. The lowest BCUT2D eigenvalue weighted by molar-refractivity contribution is 0.0950. The first kappa shape index (κ1) is 21.5. The minimum absolute atomic E-state index is 0.141. The van der Waals surface area contributed by atoms with Gasteiger partial charge in [0.2, 0.25) is 0 Å². The molecule has 32 heavy (non-hydrogen) atoms. The largest absolute Gasteiger partial charge is 0.384 e. The van der Waals surface area contributed by atoms with Gasteiger partial charge < -0.3 is 15.6 Å². The molecule has 0 atom stereocenters.